The molecule has 2 aromatic carbocycles. The number of hydrogen-bond acceptors (Lipinski definition) is 7. The molecule has 0 spiro atoms. The zero-order chi connectivity index (χ0) is 18.7. The number of methoxy groups -OCH3 is 2. The Morgan fingerprint density at radius 1 is 1.08 bits per heavy atom. The summed E-state index contributed by atoms with van der Waals surface area (Å²) in [6.07, 6.45) is 0.725. The fourth-order valence-corrected chi connectivity index (χ4v) is 3.10. The van der Waals surface area contributed by atoms with Gasteiger partial charge in [-0.25, -0.2) is 4.98 Å². The van der Waals surface area contributed by atoms with Gasteiger partial charge in [-0.15, -0.1) is 0 Å². The van der Waals surface area contributed by atoms with E-state index in [-0.39, 0.29) is 11.8 Å². The van der Waals surface area contributed by atoms with Crippen LogP contribution in [0.5, 0.6) is 11.5 Å². The molecule has 3 aromatic rings. The number of aromatic nitrogens is 2. The van der Waals surface area contributed by atoms with Crippen LogP contribution in [0.4, 0.5) is 17.5 Å². The molecule has 0 aliphatic heterocycles. The first-order valence-corrected chi connectivity index (χ1v) is 8.37. The van der Waals surface area contributed by atoms with Crippen molar-refractivity contribution in [3.63, 3.8) is 0 Å². The van der Waals surface area contributed by atoms with Gasteiger partial charge in [0.15, 0.2) is 0 Å². The predicted molar refractivity (Wildman–Crippen MR) is 105 cm³/mol. The molecule has 0 amide bonds. The molecule has 0 saturated heterocycles. The van der Waals surface area contributed by atoms with Crippen LogP contribution in [-0.2, 0) is 6.42 Å². The van der Waals surface area contributed by atoms with Gasteiger partial charge in [0.25, 0.3) is 0 Å². The number of anilines is 3. The average Bonchev–Trinajstić information content (AvgIpc) is 2.62. The van der Waals surface area contributed by atoms with Gasteiger partial charge in [-0.2, -0.15) is 4.98 Å². The highest BCUT2D eigenvalue weighted by atomic mass is 35.5. The molecular weight excluding hydrogens is 354 g/mol. The normalized spacial score (nSPS) is 10.7. The van der Waals surface area contributed by atoms with Gasteiger partial charge in [0.2, 0.25) is 5.95 Å². The number of nitrogens with one attached hydrogen (secondary N) is 1. The molecule has 8 heteroatoms. The van der Waals surface area contributed by atoms with Crippen molar-refractivity contribution in [2.45, 2.75) is 6.42 Å². The van der Waals surface area contributed by atoms with Crippen LogP contribution in [0.25, 0.3) is 10.9 Å². The maximum Gasteiger partial charge on any atom is 0.222 e. The van der Waals surface area contributed by atoms with Crippen LogP contribution < -0.4 is 26.3 Å². The van der Waals surface area contributed by atoms with E-state index in [1.807, 2.05) is 30.3 Å². The van der Waals surface area contributed by atoms with E-state index in [0.29, 0.717) is 22.5 Å². The number of hydrogen-bond donors (Lipinski definition) is 3. The summed E-state index contributed by atoms with van der Waals surface area (Å²) in [7, 11) is 3.28. The Balaban J connectivity index is 1.80. The Morgan fingerprint density at radius 2 is 1.88 bits per heavy atom. The van der Waals surface area contributed by atoms with Crippen molar-refractivity contribution in [2.75, 3.05) is 37.5 Å². The predicted octanol–water partition coefficient (Wildman–Crippen LogP) is 3.12. The van der Waals surface area contributed by atoms with Crippen LogP contribution in [0.3, 0.4) is 0 Å². The number of nitrogens with zero attached hydrogens (tertiary/aromatic N) is 2. The highest BCUT2D eigenvalue weighted by molar-refractivity contribution is 6.39. The second kappa shape index (κ2) is 7.53. The molecule has 0 aliphatic rings. The molecule has 3 rings (SSSR count). The lowest BCUT2D eigenvalue weighted by atomic mass is 10.1. The summed E-state index contributed by atoms with van der Waals surface area (Å²) in [5.74, 6) is 1.98. The van der Waals surface area contributed by atoms with Gasteiger partial charge < -0.3 is 26.3 Å². The fourth-order valence-electron chi connectivity index (χ4n) is 2.78. The van der Waals surface area contributed by atoms with E-state index in [1.54, 1.807) is 14.2 Å². The molecule has 7 nitrogen and oxygen atoms in total. The summed E-state index contributed by atoms with van der Waals surface area (Å²) in [6, 6.07) is 9.37. The number of rotatable bonds is 6. The molecule has 0 radical (unpaired) electrons. The largest absolute Gasteiger partial charge is 0.497 e. The molecule has 0 aliphatic carbocycles. The van der Waals surface area contributed by atoms with Crippen LogP contribution in [-0.4, -0.2) is 30.7 Å². The fraction of sp³-hybridized carbons (Fsp3) is 0.222. The molecule has 0 atom stereocenters. The Kier molecular flexibility index (Phi) is 5.18. The lowest BCUT2D eigenvalue weighted by Gasteiger charge is -2.13. The summed E-state index contributed by atoms with van der Waals surface area (Å²) in [5.41, 5.74) is 14.0. The van der Waals surface area contributed by atoms with Gasteiger partial charge in [-0.3, -0.25) is 0 Å². The van der Waals surface area contributed by atoms with E-state index >= 15 is 0 Å². The number of ether oxygens (including phenoxy) is 2. The minimum atomic E-state index is 0.122. The molecule has 136 valence electrons. The maximum atomic E-state index is 6.48. The maximum absolute atomic E-state index is 6.48. The van der Waals surface area contributed by atoms with Gasteiger partial charge in [0, 0.05) is 6.54 Å². The standard InChI is InChI=1S/C18H20ClN5O2/c1-25-11-3-6-14(26-2)10(9-11)7-8-22-13-5-4-12-15(16(13)19)17(20)24-18(21)23-12/h3-6,9,22H,7-8H2,1-2H3,(H4,20,21,23,24). The first-order valence-electron chi connectivity index (χ1n) is 7.99. The minimum absolute atomic E-state index is 0.122. The lowest BCUT2D eigenvalue weighted by Crippen LogP contribution is -2.07. The summed E-state index contributed by atoms with van der Waals surface area (Å²) in [6.45, 7) is 0.643. The first-order chi connectivity index (χ1) is 12.5. The second-order valence-electron chi connectivity index (χ2n) is 5.64. The van der Waals surface area contributed by atoms with Gasteiger partial charge >= 0.3 is 0 Å². The molecule has 5 N–H and O–H groups in total. The van der Waals surface area contributed by atoms with E-state index in [1.165, 1.54) is 0 Å². The van der Waals surface area contributed by atoms with Gasteiger partial charge in [-0.05, 0) is 42.3 Å². The van der Waals surface area contributed by atoms with Crippen LogP contribution in [0.15, 0.2) is 30.3 Å². The third-order valence-corrected chi connectivity index (χ3v) is 4.44. The van der Waals surface area contributed by atoms with E-state index < -0.39 is 0 Å². The average molecular weight is 374 g/mol. The monoisotopic (exact) mass is 373 g/mol. The SMILES string of the molecule is COc1ccc(OC)c(CCNc2ccc3nc(N)nc(N)c3c2Cl)c1. The third-order valence-electron chi connectivity index (χ3n) is 4.04. The van der Waals surface area contributed by atoms with Gasteiger partial charge in [0.05, 0.1) is 35.8 Å². The molecule has 0 unspecified atom stereocenters. The summed E-state index contributed by atoms with van der Waals surface area (Å²) < 4.78 is 10.7. The van der Waals surface area contributed by atoms with Crippen LogP contribution in [0.1, 0.15) is 5.56 Å². The Labute approximate surface area is 156 Å². The Morgan fingerprint density at radius 3 is 2.62 bits per heavy atom. The molecule has 26 heavy (non-hydrogen) atoms. The van der Waals surface area contributed by atoms with Crippen molar-refractivity contribution < 1.29 is 9.47 Å². The first kappa shape index (κ1) is 17.9. The van der Waals surface area contributed by atoms with Crippen molar-refractivity contribution in [3.8, 4) is 11.5 Å². The Hall–Kier alpha value is -2.93. The number of benzene rings is 2. The van der Waals surface area contributed by atoms with Gasteiger partial charge in [-0.1, -0.05) is 11.6 Å². The zero-order valence-electron chi connectivity index (χ0n) is 14.5. The van der Waals surface area contributed by atoms with Crippen molar-refractivity contribution >= 4 is 40.0 Å². The highest BCUT2D eigenvalue weighted by Crippen LogP contribution is 2.33. The molecule has 1 heterocycles. The second-order valence-corrected chi connectivity index (χ2v) is 6.02. The number of halogens is 1. The van der Waals surface area contributed by atoms with E-state index in [4.69, 9.17) is 32.5 Å². The number of fused-ring (bicyclic) bond motifs is 1. The van der Waals surface area contributed by atoms with Gasteiger partial charge in [0.1, 0.15) is 17.3 Å². The molecule has 1 aromatic heterocycles. The Bertz CT molecular complexity index is 949. The van der Waals surface area contributed by atoms with Crippen molar-refractivity contribution in [1.82, 2.24) is 9.97 Å². The summed E-state index contributed by atoms with van der Waals surface area (Å²) in [5, 5.41) is 4.37. The number of nitrogen functional groups attached to an aromatic ring is 2. The molecular formula is C18H20ClN5O2. The highest BCUT2D eigenvalue weighted by Gasteiger charge is 2.12. The number of nitrogens with two attached hydrogens (primary N) is 2. The lowest BCUT2D eigenvalue weighted by molar-refractivity contribution is 0.399. The van der Waals surface area contributed by atoms with Crippen LogP contribution in [0.2, 0.25) is 5.02 Å². The van der Waals surface area contributed by atoms with E-state index in [2.05, 4.69) is 15.3 Å². The van der Waals surface area contributed by atoms with Crippen molar-refractivity contribution in [1.29, 1.82) is 0 Å². The van der Waals surface area contributed by atoms with Crippen LogP contribution in [0, 0.1) is 0 Å². The summed E-state index contributed by atoms with van der Waals surface area (Å²) >= 11 is 6.48. The topological polar surface area (TPSA) is 108 Å². The van der Waals surface area contributed by atoms with Crippen LogP contribution >= 0.6 is 11.6 Å². The quantitative estimate of drug-likeness (QED) is 0.609. The summed E-state index contributed by atoms with van der Waals surface area (Å²) in [4.78, 5) is 8.13. The molecule has 0 saturated carbocycles. The minimum Gasteiger partial charge on any atom is -0.497 e. The molecule has 0 bridgehead atoms. The third kappa shape index (κ3) is 3.52. The van der Waals surface area contributed by atoms with Crippen molar-refractivity contribution in [2.24, 2.45) is 0 Å². The smallest absolute Gasteiger partial charge is 0.222 e. The van der Waals surface area contributed by atoms with E-state index in [0.717, 1.165) is 29.2 Å². The zero-order valence-corrected chi connectivity index (χ0v) is 15.3. The molecule has 0 fully saturated rings. The van der Waals surface area contributed by atoms with E-state index in [9.17, 15) is 0 Å². The van der Waals surface area contributed by atoms with Crippen molar-refractivity contribution in [3.05, 3.63) is 40.9 Å².